The molecule has 0 bridgehead atoms. The maximum Gasteiger partial charge on any atom is 0.231 e. The Morgan fingerprint density at radius 3 is 2.40 bits per heavy atom. The molecule has 1 amide bonds. The first-order valence-corrected chi connectivity index (χ1v) is 6.44. The number of benzene rings is 2. The second-order valence-corrected chi connectivity index (χ2v) is 4.63. The van der Waals surface area contributed by atoms with Crippen LogP contribution in [0, 0.1) is 0 Å². The minimum Gasteiger partial charge on any atom is -0.508 e. The number of likely N-dealkylation sites (N-methyl/N-ethyl adjacent to an activating group) is 1. The number of carbonyl (C=O) groups is 1. The number of nitrogens with two attached hydrogens (primary N) is 1. The Balaban J connectivity index is 2.10. The quantitative estimate of drug-likeness (QED) is 0.893. The smallest absolute Gasteiger partial charge is 0.231 e. The van der Waals surface area contributed by atoms with Gasteiger partial charge in [-0.05, 0) is 23.8 Å². The monoisotopic (exact) mass is 270 g/mol. The molecule has 0 aliphatic carbocycles. The summed E-state index contributed by atoms with van der Waals surface area (Å²) in [6.45, 7) is 0.482. The first-order chi connectivity index (χ1) is 9.61. The van der Waals surface area contributed by atoms with Crippen molar-refractivity contribution in [2.45, 2.75) is 13.0 Å². The second kappa shape index (κ2) is 6.21. The molecule has 4 nitrogen and oxygen atoms in total. The van der Waals surface area contributed by atoms with E-state index in [0.717, 1.165) is 11.3 Å². The van der Waals surface area contributed by atoms with Crippen molar-refractivity contribution in [1.82, 2.24) is 0 Å². The molecule has 0 heterocycles. The largest absolute Gasteiger partial charge is 0.508 e. The van der Waals surface area contributed by atoms with Gasteiger partial charge in [-0.25, -0.2) is 0 Å². The van der Waals surface area contributed by atoms with E-state index < -0.39 is 0 Å². The maximum absolute atomic E-state index is 12.2. The lowest BCUT2D eigenvalue weighted by Gasteiger charge is -2.18. The Morgan fingerprint density at radius 1 is 1.15 bits per heavy atom. The standard InChI is InChI=1S/C16H18N2O2/c1-18(14-8-6-12(11-17)7-9-14)16(20)10-13-4-2-3-5-15(13)19/h2-9,19H,10-11,17H2,1H3. The number of para-hydroxylation sites is 1. The average molecular weight is 270 g/mol. The fourth-order valence-electron chi connectivity index (χ4n) is 1.94. The molecule has 0 aliphatic rings. The zero-order chi connectivity index (χ0) is 14.5. The van der Waals surface area contributed by atoms with E-state index in [9.17, 15) is 9.90 Å². The highest BCUT2D eigenvalue weighted by Crippen LogP contribution is 2.19. The highest BCUT2D eigenvalue weighted by atomic mass is 16.3. The Labute approximate surface area is 118 Å². The molecular weight excluding hydrogens is 252 g/mol. The summed E-state index contributed by atoms with van der Waals surface area (Å²) < 4.78 is 0. The molecule has 0 saturated heterocycles. The van der Waals surface area contributed by atoms with Gasteiger partial charge in [0.15, 0.2) is 0 Å². The molecule has 2 aromatic rings. The molecule has 104 valence electrons. The highest BCUT2D eigenvalue weighted by molar-refractivity contribution is 5.94. The number of phenolic OH excluding ortho intramolecular Hbond substituents is 1. The van der Waals surface area contributed by atoms with Crippen LogP contribution in [0.5, 0.6) is 5.75 Å². The maximum atomic E-state index is 12.2. The van der Waals surface area contributed by atoms with Crippen molar-refractivity contribution in [2.75, 3.05) is 11.9 Å². The van der Waals surface area contributed by atoms with Crippen molar-refractivity contribution >= 4 is 11.6 Å². The van der Waals surface area contributed by atoms with Crippen LogP contribution in [0.2, 0.25) is 0 Å². The van der Waals surface area contributed by atoms with Crippen molar-refractivity contribution in [3.8, 4) is 5.75 Å². The molecule has 0 fully saturated rings. The number of hydrogen-bond acceptors (Lipinski definition) is 3. The molecular formula is C16H18N2O2. The highest BCUT2D eigenvalue weighted by Gasteiger charge is 2.13. The summed E-state index contributed by atoms with van der Waals surface area (Å²) in [5, 5.41) is 9.70. The van der Waals surface area contributed by atoms with E-state index in [2.05, 4.69) is 0 Å². The number of rotatable bonds is 4. The van der Waals surface area contributed by atoms with Crippen LogP contribution in [0.25, 0.3) is 0 Å². The summed E-state index contributed by atoms with van der Waals surface area (Å²) in [6.07, 6.45) is 0.168. The Morgan fingerprint density at radius 2 is 1.80 bits per heavy atom. The second-order valence-electron chi connectivity index (χ2n) is 4.63. The molecule has 0 radical (unpaired) electrons. The Kier molecular flexibility index (Phi) is 4.38. The third kappa shape index (κ3) is 3.16. The average Bonchev–Trinajstić information content (AvgIpc) is 2.49. The summed E-state index contributed by atoms with van der Waals surface area (Å²) in [5.74, 6) is 0.0692. The van der Waals surface area contributed by atoms with Crippen molar-refractivity contribution < 1.29 is 9.90 Å². The van der Waals surface area contributed by atoms with E-state index in [-0.39, 0.29) is 18.1 Å². The molecule has 0 atom stereocenters. The van der Waals surface area contributed by atoms with Crippen LogP contribution in [0.1, 0.15) is 11.1 Å². The molecule has 3 N–H and O–H groups in total. The molecule has 0 saturated carbocycles. The summed E-state index contributed by atoms with van der Waals surface area (Å²) in [7, 11) is 1.72. The fourth-order valence-corrected chi connectivity index (χ4v) is 1.94. The first-order valence-electron chi connectivity index (χ1n) is 6.44. The van der Waals surface area contributed by atoms with Gasteiger partial charge < -0.3 is 15.7 Å². The van der Waals surface area contributed by atoms with Gasteiger partial charge in [-0.2, -0.15) is 0 Å². The van der Waals surface area contributed by atoms with Crippen LogP contribution in [-0.4, -0.2) is 18.1 Å². The minimum atomic E-state index is -0.0769. The summed E-state index contributed by atoms with van der Waals surface area (Å²) >= 11 is 0. The van der Waals surface area contributed by atoms with Crippen LogP contribution in [0.4, 0.5) is 5.69 Å². The number of amides is 1. The third-order valence-corrected chi connectivity index (χ3v) is 3.27. The van der Waals surface area contributed by atoms with E-state index in [0.29, 0.717) is 12.1 Å². The summed E-state index contributed by atoms with van der Waals surface area (Å²) in [5.41, 5.74) is 8.01. The van der Waals surface area contributed by atoms with Gasteiger partial charge in [-0.3, -0.25) is 4.79 Å². The topological polar surface area (TPSA) is 66.6 Å². The van der Waals surface area contributed by atoms with Crippen molar-refractivity contribution in [1.29, 1.82) is 0 Å². The van der Waals surface area contributed by atoms with Gasteiger partial charge in [0.1, 0.15) is 5.75 Å². The molecule has 0 aliphatic heterocycles. The Hall–Kier alpha value is -2.33. The zero-order valence-electron chi connectivity index (χ0n) is 11.4. The van der Waals surface area contributed by atoms with Gasteiger partial charge in [0, 0.05) is 24.8 Å². The number of nitrogens with zero attached hydrogens (tertiary/aromatic N) is 1. The molecule has 2 aromatic carbocycles. The van der Waals surface area contributed by atoms with Gasteiger partial charge in [-0.1, -0.05) is 30.3 Å². The predicted octanol–water partition coefficient (Wildman–Crippen LogP) is 2.06. The Bertz CT molecular complexity index is 594. The van der Waals surface area contributed by atoms with E-state index in [1.807, 2.05) is 24.3 Å². The van der Waals surface area contributed by atoms with Crippen LogP contribution >= 0.6 is 0 Å². The van der Waals surface area contributed by atoms with Crippen LogP contribution in [-0.2, 0) is 17.8 Å². The molecule has 0 aromatic heterocycles. The molecule has 2 rings (SSSR count). The number of carbonyl (C=O) groups excluding carboxylic acids is 1. The predicted molar refractivity (Wildman–Crippen MR) is 79.6 cm³/mol. The molecule has 0 unspecified atom stereocenters. The number of hydrogen-bond donors (Lipinski definition) is 2. The van der Waals surface area contributed by atoms with Gasteiger partial charge in [0.05, 0.1) is 6.42 Å². The molecule has 20 heavy (non-hydrogen) atoms. The van der Waals surface area contributed by atoms with Gasteiger partial charge in [0.25, 0.3) is 0 Å². The number of anilines is 1. The lowest BCUT2D eigenvalue weighted by atomic mass is 10.1. The van der Waals surface area contributed by atoms with Gasteiger partial charge in [-0.15, -0.1) is 0 Å². The van der Waals surface area contributed by atoms with E-state index >= 15 is 0 Å². The third-order valence-electron chi connectivity index (χ3n) is 3.27. The van der Waals surface area contributed by atoms with Crippen molar-refractivity contribution in [3.05, 3.63) is 59.7 Å². The lowest BCUT2D eigenvalue weighted by molar-refractivity contribution is -0.117. The molecule has 4 heteroatoms. The van der Waals surface area contributed by atoms with Gasteiger partial charge >= 0.3 is 0 Å². The van der Waals surface area contributed by atoms with Crippen LogP contribution < -0.4 is 10.6 Å². The fraction of sp³-hybridized carbons (Fsp3) is 0.188. The number of phenols is 1. The van der Waals surface area contributed by atoms with E-state index in [1.165, 1.54) is 0 Å². The van der Waals surface area contributed by atoms with Crippen molar-refractivity contribution in [2.24, 2.45) is 5.73 Å². The van der Waals surface area contributed by atoms with Crippen LogP contribution in [0.3, 0.4) is 0 Å². The number of aromatic hydroxyl groups is 1. The summed E-state index contributed by atoms with van der Waals surface area (Å²) in [4.78, 5) is 13.8. The van der Waals surface area contributed by atoms with E-state index in [1.54, 1.807) is 36.2 Å². The first kappa shape index (κ1) is 14.1. The van der Waals surface area contributed by atoms with Gasteiger partial charge in [0.2, 0.25) is 5.91 Å². The SMILES string of the molecule is CN(C(=O)Cc1ccccc1O)c1ccc(CN)cc1. The van der Waals surface area contributed by atoms with Crippen LogP contribution in [0.15, 0.2) is 48.5 Å². The summed E-state index contributed by atoms with van der Waals surface area (Å²) in [6, 6.07) is 14.4. The lowest BCUT2D eigenvalue weighted by Crippen LogP contribution is -2.27. The minimum absolute atomic E-state index is 0.0769. The zero-order valence-corrected chi connectivity index (χ0v) is 11.4. The molecule has 0 spiro atoms. The van der Waals surface area contributed by atoms with E-state index in [4.69, 9.17) is 5.73 Å². The normalized spacial score (nSPS) is 10.3. The van der Waals surface area contributed by atoms with Crippen molar-refractivity contribution in [3.63, 3.8) is 0 Å².